The highest BCUT2D eigenvalue weighted by molar-refractivity contribution is 8.04. The van der Waals surface area contributed by atoms with Gasteiger partial charge in [0.25, 0.3) is 11.8 Å². The molecule has 5 nitrogen and oxygen atoms in total. The van der Waals surface area contributed by atoms with Crippen molar-refractivity contribution in [1.82, 2.24) is 0 Å². The quantitative estimate of drug-likeness (QED) is 0.529. The Labute approximate surface area is 183 Å². The molecule has 0 aromatic heterocycles. The van der Waals surface area contributed by atoms with Gasteiger partial charge >= 0.3 is 0 Å². The summed E-state index contributed by atoms with van der Waals surface area (Å²) in [6, 6.07) is 23.2. The number of hydrogen-bond donors (Lipinski definition) is 1. The van der Waals surface area contributed by atoms with Gasteiger partial charge in [0.1, 0.15) is 16.4 Å². The first-order valence-corrected chi connectivity index (χ1v) is 10.3. The first kappa shape index (κ1) is 20.1. The zero-order chi connectivity index (χ0) is 21.1. The summed E-state index contributed by atoms with van der Waals surface area (Å²) in [6.07, 6.45) is 0. The van der Waals surface area contributed by atoms with Gasteiger partial charge in [0.2, 0.25) is 0 Å². The molecule has 1 N–H and O–H groups in total. The summed E-state index contributed by atoms with van der Waals surface area (Å²) in [5.41, 5.74) is 1.39. The molecule has 3 aromatic carbocycles. The third kappa shape index (κ3) is 4.06. The minimum atomic E-state index is -0.412. The molecular formula is C23H17ClN2O3S. The zero-order valence-corrected chi connectivity index (χ0v) is 17.5. The number of methoxy groups -OCH3 is 1. The molecule has 150 valence electrons. The monoisotopic (exact) mass is 436 g/mol. The predicted octanol–water partition coefficient (Wildman–Crippen LogP) is 5.34. The molecule has 0 saturated heterocycles. The van der Waals surface area contributed by atoms with E-state index in [0.717, 1.165) is 4.90 Å². The molecule has 0 radical (unpaired) electrons. The van der Waals surface area contributed by atoms with E-state index in [1.54, 1.807) is 55.6 Å². The molecule has 4 rings (SSSR count). The van der Waals surface area contributed by atoms with E-state index in [9.17, 15) is 9.59 Å². The number of thioether (sulfide) groups is 1. The Balaban J connectivity index is 1.74. The van der Waals surface area contributed by atoms with Crippen LogP contribution in [0.4, 0.5) is 11.4 Å². The van der Waals surface area contributed by atoms with E-state index >= 15 is 0 Å². The maximum atomic E-state index is 13.2. The molecule has 30 heavy (non-hydrogen) atoms. The van der Waals surface area contributed by atoms with Crippen molar-refractivity contribution >= 4 is 46.6 Å². The van der Waals surface area contributed by atoms with Gasteiger partial charge < -0.3 is 10.1 Å². The van der Waals surface area contributed by atoms with Crippen LogP contribution in [0, 0.1) is 0 Å². The van der Waals surface area contributed by atoms with Crippen molar-refractivity contribution in [3.05, 3.63) is 94.5 Å². The van der Waals surface area contributed by atoms with Gasteiger partial charge in [-0.1, -0.05) is 47.6 Å². The van der Waals surface area contributed by atoms with E-state index in [0.29, 0.717) is 27.1 Å². The van der Waals surface area contributed by atoms with Gasteiger partial charge in [-0.05, 0) is 48.5 Å². The average molecular weight is 437 g/mol. The molecule has 0 aliphatic carbocycles. The number of rotatable bonds is 6. The normalized spacial score (nSPS) is 13.7. The molecule has 1 aliphatic rings. The largest absolute Gasteiger partial charge is 0.497 e. The average Bonchev–Trinajstić information content (AvgIpc) is 3.00. The van der Waals surface area contributed by atoms with E-state index < -0.39 is 5.91 Å². The summed E-state index contributed by atoms with van der Waals surface area (Å²) in [7, 11) is 1.57. The molecule has 3 aromatic rings. The molecule has 2 amide bonds. The number of halogens is 1. The molecule has 1 aliphatic heterocycles. The first-order valence-electron chi connectivity index (χ1n) is 9.09. The fourth-order valence-electron chi connectivity index (χ4n) is 2.99. The minimum Gasteiger partial charge on any atom is -0.497 e. The molecular weight excluding hydrogens is 420 g/mol. The number of carbonyl (C=O) groups excluding carboxylic acids is 2. The lowest BCUT2D eigenvalue weighted by atomic mass is 10.2. The molecule has 1 heterocycles. The van der Waals surface area contributed by atoms with Gasteiger partial charge in [-0.3, -0.25) is 9.59 Å². The first-order chi connectivity index (χ1) is 14.6. The Bertz CT molecular complexity index is 1130. The van der Waals surface area contributed by atoms with Gasteiger partial charge in [-0.15, -0.1) is 0 Å². The van der Waals surface area contributed by atoms with Crippen LogP contribution in [0.25, 0.3) is 0 Å². The Morgan fingerprint density at radius 3 is 2.33 bits per heavy atom. The Morgan fingerprint density at radius 2 is 1.63 bits per heavy atom. The van der Waals surface area contributed by atoms with Gasteiger partial charge in [0.15, 0.2) is 0 Å². The van der Waals surface area contributed by atoms with Crippen molar-refractivity contribution in [2.75, 3.05) is 17.3 Å². The fraction of sp³-hybridized carbons (Fsp3) is 0.0435. The summed E-state index contributed by atoms with van der Waals surface area (Å²) in [4.78, 5) is 28.8. The number of nitrogens with one attached hydrogen (secondary N) is 1. The van der Waals surface area contributed by atoms with E-state index in [2.05, 4.69) is 5.32 Å². The summed E-state index contributed by atoms with van der Waals surface area (Å²) < 4.78 is 5.26. The number of anilines is 2. The highest BCUT2D eigenvalue weighted by Gasteiger charge is 2.40. The molecule has 0 bridgehead atoms. The number of nitrogens with zero attached hydrogens (tertiary/aromatic N) is 1. The zero-order valence-electron chi connectivity index (χ0n) is 16.0. The van der Waals surface area contributed by atoms with Crippen LogP contribution < -0.4 is 15.0 Å². The molecule has 7 heteroatoms. The van der Waals surface area contributed by atoms with Crippen molar-refractivity contribution < 1.29 is 14.3 Å². The topological polar surface area (TPSA) is 58.6 Å². The van der Waals surface area contributed by atoms with Crippen LogP contribution in [0.15, 0.2) is 94.4 Å². The smallest absolute Gasteiger partial charge is 0.283 e. The Kier molecular flexibility index (Phi) is 5.79. The van der Waals surface area contributed by atoms with Crippen LogP contribution in [0.1, 0.15) is 0 Å². The van der Waals surface area contributed by atoms with Crippen molar-refractivity contribution in [2.45, 2.75) is 4.90 Å². The fourth-order valence-corrected chi connectivity index (χ4v) is 4.04. The predicted molar refractivity (Wildman–Crippen MR) is 120 cm³/mol. The van der Waals surface area contributed by atoms with Gasteiger partial charge in [-0.25, -0.2) is 4.90 Å². The highest BCUT2D eigenvalue weighted by Crippen LogP contribution is 2.38. The minimum absolute atomic E-state index is 0.219. The van der Waals surface area contributed by atoms with Crippen molar-refractivity contribution in [3.8, 4) is 5.75 Å². The van der Waals surface area contributed by atoms with Crippen LogP contribution in [-0.2, 0) is 9.59 Å². The number of imide groups is 1. The van der Waals surface area contributed by atoms with Crippen LogP contribution in [-0.4, -0.2) is 18.9 Å². The maximum absolute atomic E-state index is 13.2. The highest BCUT2D eigenvalue weighted by atomic mass is 35.5. The third-order valence-corrected chi connectivity index (χ3v) is 5.77. The van der Waals surface area contributed by atoms with E-state index in [1.165, 1.54) is 16.7 Å². The van der Waals surface area contributed by atoms with Crippen LogP contribution in [0.2, 0.25) is 5.02 Å². The number of para-hydroxylation sites is 1. The van der Waals surface area contributed by atoms with Crippen molar-refractivity contribution in [2.24, 2.45) is 0 Å². The van der Waals surface area contributed by atoms with Crippen LogP contribution in [0.3, 0.4) is 0 Å². The second-order valence-corrected chi connectivity index (χ2v) is 7.92. The number of amides is 2. The lowest BCUT2D eigenvalue weighted by Crippen LogP contribution is -2.32. The van der Waals surface area contributed by atoms with Crippen molar-refractivity contribution in [3.63, 3.8) is 0 Å². The van der Waals surface area contributed by atoms with Crippen LogP contribution in [0.5, 0.6) is 5.75 Å². The second kappa shape index (κ2) is 8.65. The van der Waals surface area contributed by atoms with Crippen LogP contribution >= 0.6 is 23.4 Å². The lowest BCUT2D eigenvalue weighted by molar-refractivity contribution is -0.120. The molecule has 0 atom stereocenters. The van der Waals surface area contributed by atoms with Crippen molar-refractivity contribution in [1.29, 1.82) is 0 Å². The van der Waals surface area contributed by atoms with E-state index in [4.69, 9.17) is 16.3 Å². The molecule has 0 spiro atoms. The number of carbonyl (C=O) groups is 2. The lowest BCUT2D eigenvalue weighted by Gasteiger charge is -2.15. The van der Waals surface area contributed by atoms with Gasteiger partial charge in [0, 0.05) is 21.7 Å². The summed E-state index contributed by atoms with van der Waals surface area (Å²) in [5, 5.41) is 3.72. The standard InChI is InChI=1S/C23H17ClN2O3S/c1-29-18-9-5-6-16(14-18)25-20-21(30-19-12-10-15(24)11-13-19)23(28)26(22(20)27)17-7-3-2-4-8-17/h2-14,25H,1H3. The Hall–Kier alpha value is -3.22. The third-order valence-electron chi connectivity index (χ3n) is 4.43. The maximum Gasteiger partial charge on any atom is 0.283 e. The summed E-state index contributed by atoms with van der Waals surface area (Å²) >= 11 is 7.20. The second-order valence-electron chi connectivity index (χ2n) is 6.40. The molecule has 0 unspecified atom stereocenters. The van der Waals surface area contributed by atoms with E-state index in [-0.39, 0.29) is 11.6 Å². The number of ether oxygens (including phenoxy) is 1. The summed E-state index contributed by atoms with van der Waals surface area (Å²) in [6.45, 7) is 0. The SMILES string of the molecule is COc1cccc(NC2=C(Sc3ccc(Cl)cc3)C(=O)N(c3ccccc3)C2=O)c1. The number of benzene rings is 3. The molecule has 0 fully saturated rings. The summed E-state index contributed by atoms with van der Waals surface area (Å²) in [5.74, 6) is -0.147. The van der Waals surface area contributed by atoms with Gasteiger partial charge in [-0.2, -0.15) is 0 Å². The number of hydrogen-bond acceptors (Lipinski definition) is 5. The van der Waals surface area contributed by atoms with Gasteiger partial charge in [0.05, 0.1) is 12.8 Å². The molecule has 0 saturated carbocycles. The van der Waals surface area contributed by atoms with E-state index in [1.807, 2.05) is 30.3 Å². The Morgan fingerprint density at radius 1 is 0.900 bits per heavy atom.